The number of ether oxygens (including phenoxy) is 1. The lowest BCUT2D eigenvalue weighted by Gasteiger charge is -2.26. The topological polar surface area (TPSA) is 48.1 Å². The van der Waals surface area contributed by atoms with Crippen molar-refractivity contribution < 1.29 is 9.13 Å². The van der Waals surface area contributed by atoms with Gasteiger partial charge in [-0.1, -0.05) is 13.0 Å². The molecule has 1 heterocycles. The molecule has 0 saturated heterocycles. The van der Waals surface area contributed by atoms with Crippen molar-refractivity contribution in [2.24, 2.45) is 5.73 Å². The summed E-state index contributed by atoms with van der Waals surface area (Å²) in [6.07, 6.45) is 5.95. The van der Waals surface area contributed by atoms with Crippen LogP contribution in [-0.4, -0.2) is 11.6 Å². The smallest absolute Gasteiger partial charge is 0.137 e. The summed E-state index contributed by atoms with van der Waals surface area (Å²) in [6.45, 7) is 2.72. The summed E-state index contributed by atoms with van der Waals surface area (Å²) >= 11 is 0. The Hall–Kier alpha value is -1.94. The minimum Gasteiger partial charge on any atom is -0.492 e. The third-order valence-corrected chi connectivity index (χ3v) is 4.04. The second kappa shape index (κ2) is 5.45. The first-order valence-electron chi connectivity index (χ1n) is 7.29. The summed E-state index contributed by atoms with van der Waals surface area (Å²) in [5, 5.41) is 0. The molecule has 3 rings (SSSR count). The molecule has 1 aromatic heterocycles. The molecule has 2 aromatic rings. The highest BCUT2D eigenvalue weighted by atomic mass is 19.1. The Morgan fingerprint density at radius 2 is 2.19 bits per heavy atom. The van der Waals surface area contributed by atoms with Crippen LogP contribution in [0.25, 0.3) is 0 Å². The van der Waals surface area contributed by atoms with Gasteiger partial charge >= 0.3 is 0 Å². The number of nitrogens with zero attached hydrogens (tertiary/aromatic N) is 1. The van der Waals surface area contributed by atoms with E-state index in [4.69, 9.17) is 10.5 Å². The van der Waals surface area contributed by atoms with Crippen LogP contribution in [0.2, 0.25) is 0 Å². The summed E-state index contributed by atoms with van der Waals surface area (Å²) in [5.41, 5.74) is 8.90. The fourth-order valence-corrected chi connectivity index (χ4v) is 2.93. The second-order valence-corrected chi connectivity index (χ2v) is 5.53. The van der Waals surface area contributed by atoms with Crippen molar-refractivity contribution in [3.05, 3.63) is 59.2 Å². The fourth-order valence-electron chi connectivity index (χ4n) is 2.93. The Kier molecular flexibility index (Phi) is 3.64. The molecule has 1 aliphatic rings. The van der Waals surface area contributed by atoms with Crippen LogP contribution < -0.4 is 10.5 Å². The molecule has 1 atom stereocenters. The molecule has 3 nitrogen and oxygen atoms in total. The van der Waals surface area contributed by atoms with E-state index in [2.05, 4.69) is 11.9 Å². The van der Waals surface area contributed by atoms with Crippen molar-refractivity contribution >= 4 is 0 Å². The van der Waals surface area contributed by atoms with Crippen molar-refractivity contribution in [3.8, 4) is 5.75 Å². The normalized spacial score (nSPS) is 20.3. The summed E-state index contributed by atoms with van der Waals surface area (Å²) in [4.78, 5) is 4.24. The Balaban J connectivity index is 1.97. The van der Waals surface area contributed by atoms with Crippen LogP contribution in [0.4, 0.5) is 4.39 Å². The summed E-state index contributed by atoms with van der Waals surface area (Å²) in [5.74, 6) is 0.519. The molecular formula is C17H19FN2O. The van der Waals surface area contributed by atoms with Crippen LogP contribution >= 0.6 is 0 Å². The minimum atomic E-state index is -0.610. The van der Waals surface area contributed by atoms with E-state index in [1.807, 2.05) is 6.07 Å². The van der Waals surface area contributed by atoms with Gasteiger partial charge in [-0.2, -0.15) is 0 Å². The van der Waals surface area contributed by atoms with Crippen LogP contribution in [0.1, 0.15) is 36.5 Å². The molecule has 110 valence electrons. The number of pyridine rings is 1. The third-order valence-electron chi connectivity index (χ3n) is 4.04. The molecule has 0 saturated carbocycles. The molecule has 0 spiro atoms. The zero-order valence-corrected chi connectivity index (χ0v) is 12.1. The Morgan fingerprint density at radius 1 is 1.33 bits per heavy atom. The van der Waals surface area contributed by atoms with Crippen LogP contribution in [0.15, 0.2) is 36.7 Å². The van der Waals surface area contributed by atoms with E-state index < -0.39 is 5.54 Å². The molecule has 0 bridgehead atoms. The molecular weight excluding hydrogens is 267 g/mol. The molecule has 0 aliphatic heterocycles. The number of halogens is 1. The first-order valence-corrected chi connectivity index (χ1v) is 7.29. The highest BCUT2D eigenvalue weighted by Gasteiger charge is 2.37. The Labute approximate surface area is 124 Å². The maximum absolute atomic E-state index is 13.3. The number of fused-ring (bicyclic) bond motifs is 1. The van der Waals surface area contributed by atoms with Gasteiger partial charge in [-0.15, -0.1) is 0 Å². The van der Waals surface area contributed by atoms with Gasteiger partial charge in [0, 0.05) is 6.20 Å². The van der Waals surface area contributed by atoms with E-state index in [0.29, 0.717) is 6.61 Å². The zero-order chi connectivity index (χ0) is 14.9. The second-order valence-electron chi connectivity index (χ2n) is 5.53. The van der Waals surface area contributed by atoms with E-state index >= 15 is 0 Å². The van der Waals surface area contributed by atoms with Gasteiger partial charge in [-0.3, -0.25) is 4.98 Å². The van der Waals surface area contributed by atoms with Gasteiger partial charge < -0.3 is 10.5 Å². The average Bonchev–Trinajstić information content (AvgIpc) is 2.83. The van der Waals surface area contributed by atoms with E-state index in [1.54, 1.807) is 24.5 Å². The number of aromatic nitrogens is 1. The van der Waals surface area contributed by atoms with Crippen LogP contribution in [0.5, 0.6) is 5.75 Å². The Bertz CT molecular complexity index is 659. The van der Waals surface area contributed by atoms with E-state index in [9.17, 15) is 4.39 Å². The van der Waals surface area contributed by atoms with Gasteiger partial charge in [0.1, 0.15) is 11.6 Å². The summed E-state index contributed by atoms with van der Waals surface area (Å²) in [7, 11) is 0. The minimum absolute atomic E-state index is 0.212. The molecule has 0 fully saturated rings. The number of hydrogen-bond acceptors (Lipinski definition) is 3. The lowest BCUT2D eigenvalue weighted by atomic mass is 9.86. The van der Waals surface area contributed by atoms with Crippen LogP contribution in [0.3, 0.4) is 0 Å². The lowest BCUT2D eigenvalue weighted by molar-refractivity contribution is 0.315. The van der Waals surface area contributed by atoms with E-state index in [1.165, 1.54) is 6.07 Å². The van der Waals surface area contributed by atoms with Crippen molar-refractivity contribution in [1.29, 1.82) is 0 Å². The van der Waals surface area contributed by atoms with E-state index in [-0.39, 0.29) is 5.82 Å². The van der Waals surface area contributed by atoms with Crippen molar-refractivity contribution in [2.75, 3.05) is 6.61 Å². The molecule has 1 unspecified atom stereocenters. The predicted molar refractivity (Wildman–Crippen MR) is 79.7 cm³/mol. The first-order chi connectivity index (χ1) is 10.1. The van der Waals surface area contributed by atoms with Crippen molar-refractivity contribution in [3.63, 3.8) is 0 Å². The number of benzene rings is 1. The van der Waals surface area contributed by atoms with E-state index in [0.717, 1.165) is 41.7 Å². The lowest BCUT2D eigenvalue weighted by Crippen LogP contribution is -2.35. The predicted octanol–water partition coefficient (Wildman–Crippen LogP) is 3.16. The maximum Gasteiger partial charge on any atom is 0.137 e. The molecule has 0 amide bonds. The number of aryl methyl sites for hydroxylation is 1. The zero-order valence-electron chi connectivity index (χ0n) is 12.1. The largest absolute Gasteiger partial charge is 0.492 e. The highest BCUT2D eigenvalue weighted by Crippen LogP contribution is 2.40. The average molecular weight is 286 g/mol. The summed E-state index contributed by atoms with van der Waals surface area (Å²) in [6, 6.07) is 6.78. The SMILES string of the molecule is CCCOc1cncc(C2(N)CCc3cc(F)ccc32)c1. The van der Waals surface area contributed by atoms with Crippen LogP contribution in [0, 0.1) is 5.82 Å². The van der Waals surface area contributed by atoms with Gasteiger partial charge in [0.15, 0.2) is 0 Å². The van der Waals surface area contributed by atoms with Gasteiger partial charge in [0.2, 0.25) is 0 Å². The molecule has 21 heavy (non-hydrogen) atoms. The van der Waals surface area contributed by atoms with Gasteiger partial charge in [-0.05, 0) is 54.2 Å². The number of nitrogens with two attached hydrogens (primary N) is 1. The Morgan fingerprint density at radius 3 is 3.00 bits per heavy atom. The van der Waals surface area contributed by atoms with Crippen LogP contribution in [-0.2, 0) is 12.0 Å². The molecule has 4 heteroatoms. The monoisotopic (exact) mass is 286 g/mol. The molecule has 0 radical (unpaired) electrons. The third kappa shape index (κ3) is 2.51. The van der Waals surface area contributed by atoms with Gasteiger partial charge in [-0.25, -0.2) is 4.39 Å². The van der Waals surface area contributed by atoms with Gasteiger partial charge in [0.05, 0.1) is 18.3 Å². The number of hydrogen-bond donors (Lipinski definition) is 1. The number of rotatable bonds is 4. The first kappa shape index (κ1) is 14.0. The van der Waals surface area contributed by atoms with Crippen molar-refractivity contribution in [1.82, 2.24) is 4.98 Å². The molecule has 1 aromatic carbocycles. The quantitative estimate of drug-likeness (QED) is 0.939. The molecule has 1 aliphatic carbocycles. The highest BCUT2D eigenvalue weighted by molar-refractivity contribution is 5.47. The molecule has 2 N–H and O–H groups in total. The summed E-state index contributed by atoms with van der Waals surface area (Å²) < 4.78 is 19.0. The van der Waals surface area contributed by atoms with Crippen molar-refractivity contribution in [2.45, 2.75) is 31.7 Å². The standard InChI is InChI=1S/C17H19FN2O/c1-2-7-21-15-9-13(10-20-11-15)17(19)6-5-12-8-14(18)3-4-16(12)17/h3-4,8-11H,2,5-7,19H2,1H3. The fraction of sp³-hybridized carbons (Fsp3) is 0.353. The van der Waals surface area contributed by atoms with Gasteiger partial charge in [0.25, 0.3) is 0 Å². The maximum atomic E-state index is 13.3.